The van der Waals surface area contributed by atoms with Crippen molar-refractivity contribution in [3.05, 3.63) is 15.5 Å². The fraction of sp³-hybridized carbons (Fsp3) is 0.500. The third-order valence-corrected chi connectivity index (χ3v) is 2.58. The number of hydrogen-bond acceptors (Lipinski definition) is 2. The highest BCUT2D eigenvalue weighted by atomic mass is 127. The molecule has 0 aliphatic heterocycles. The third-order valence-electron chi connectivity index (χ3n) is 1.50. The van der Waals surface area contributed by atoms with E-state index < -0.39 is 0 Å². The van der Waals surface area contributed by atoms with E-state index in [1.54, 1.807) is 6.20 Å². The van der Waals surface area contributed by atoms with Gasteiger partial charge in [0.25, 0.3) is 0 Å². The number of aldehydes is 1. The van der Waals surface area contributed by atoms with Gasteiger partial charge in [-0.2, -0.15) is 5.10 Å². The lowest BCUT2D eigenvalue weighted by molar-refractivity contribution is 0.112. The maximum atomic E-state index is 10.5. The minimum atomic E-state index is -0.0578. The molecule has 0 N–H and O–H groups in total. The summed E-state index contributed by atoms with van der Waals surface area (Å²) in [6, 6.07) is 0. The zero-order chi connectivity index (χ0) is 9.35. The number of halogens is 1. The van der Waals surface area contributed by atoms with E-state index in [1.165, 1.54) is 0 Å². The largest absolute Gasteiger partial charge is 0.298 e. The molecule has 1 rings (SSSR count). The highest BCUT2D eigenvalue weighted by molar-refractivity contribution is 14.1. The number of hydrogen-bond donors (Lipinski definition) is 0. The first kappa shape index (κ1) is 9.70. The number of carbonyl (C=O) groups excluding carboxylic acids is 1. The van der Waals surface area contributed by atoms with E-state index >= 15 is 0 Å². The van der Waals surface area contributed by atoms with Gasteiger partial charge < -0.3 is 0 Å². The van der Waals surface area contributed by atoms with Crippen molar-refractivity contribution in [1.82, 2.24) is 9.78 Å². The Labute approximate surface area is 85.3 Å². The molecule has 0 fully saturated rings. The van der Waals surface area contributed by atoms with E-state index in [2.05, 4.69) is 48.5 Å². The van der Waals surface area contributed by atoms with Crippen molar-refractivity contribution in [1.29, 1.82) is 0 Å². The van der Waals surface area contributed by atoms with Crippen molar-refractivity contribution < 1.29 is 4.79 Å². The lowest BCUT2D eigenvalue weighted by Crippen LogP contribution is -2.24. The van der Waals surface area contributed by atoms with Gasteiger partial charge in [0.05, 0.1) is 17.3 Å². The fourth-order valence-electron chi connectivity index (χ4n) is 0.893. The monoisotopic (exact) mass is 278 g/mol. The Hall–Kier alpha value is -0.390. The molecule has 1 aromatic heterocycles. The topological polar surface area (TPSA) is 34.9 Å². The summed E-state index contributed by atoms with van der Waals surface area (Å²) in [6.07, 6.45) is 2.43. The summed E-state index contributed by atoms with van der Waals surface area (Å²) in [5.41, 5.74) is 0.600. The van der Waals surface area contributed by atoms with E-state index in [0.29, 0.717) is 5.56 Å². The standard InChI is InChI=1S/C8H11IN2O/c1-8(2,3)11-7(9)6(5-12)4-10-11/h4-5H,1-3H3. The Kier molecular flexibility index (Phi) is 2.55. The molecule has 0 unspecified atom stereocenters. The van der Waals surface area contributed by atoms with Gasteiger partial charge in [-0.05, 0) is 43.4 Å². The van der Waals surface area contributed by atoms with Crippen LogP contribution in [0.15, 0.2) is 6.20 Å². The van der Waals surface area contributed by atoms with E-state index in [9.17, 15) is 4.79 Å². The molecule has 0 saturated carbocycles. The van der Waals surface area contributed by atoms with Crippen LogP contribution in [0.25, 0.3) is 0 Å². The summed E-state index contributed by atoms with van der Waals surface area (Å²) in [7, 11) is 0. The zero-order valence-corrected chi connectivity index (χ0v) is 9.49. The highest BCUT2D eigenvalue weighted by Crippen LogP contribution is 2.19. The SMILES string of the molecule is CC(C)(C)n1ncc(C=O)c1I. The first-order valence-electron chi connectivity index (χ1n) is 3.66. The maximum Gasteiger partial charge on any atom is 0.154 e. The molecule has 0 aliphatic rings. The third kappa shape index (κ3) is 1.68. The normalized spacial score (nSPS) is 11.7. The van der Waals surface area contributed by atoms with Gasteiger partial charge in [0.1, 0.15) is 3.70 Å². The van der Waals surface area contributed by atoms with E-state index in [1.807, 2.05) is 4.68 Å². The molecule has 0 atom stereocenters. The minimum Gasteiger partial charge on any atom is -0.298 e. The lowest BCUT2D eigenvalue weighted by atomic mass is 10.1. The van der Waals surface area contributed by atoms with Crippen molar-refractivity contribution in [3.63, 3.8) is 0 Å². The number of rotatable bonds is 1. The van der Waals surface area contributed by atoms with E-state index in [-0.39, 0.29) is 5.54 Å². The molecule has 0 aromatic carbocycles. The van der Waals surface area contributed by atoms with Crippen molar-refractivity contribution in [2.24, 2.45) is 0 Å². The first-order chi connectivity index (χ1) is 5.46. The van der Waals surface area contributed by atoms with Gasteiger partial charge in [-0.25, -0.2) is 0 Å². The Morgan fingerprint density at radius 2 is 2.17 bits per heavy atom. The summed E-state index contributed by atoms with van der Waals surface area (Å²) in [5, 5.41) is 4.14. The molecule has 0 radical (unpaired) electrons. The molecule has 0 spiro atoms. The van der Waals surface area contributed by atoms with Crippen LogP contribution in [0.5, 0.6) is 0 Å². The highest BCUT2D eigenvalue weighted by Gasteiger charge is 2.18. The Bertz CT molecular complexity index is 298. The molecular weight excluding hydrogens is 267 g/mol. The fourth-order valence-corrected chi connectivity index (χ4v) is 2.01. The molecule has 4 heteroatoms. The Morgan fingerprint density at radius 3 is 2.42 bits per heavy atom. The zero-order valence-electron chi connectivity index (χ0n) is 7.34. The quantitative estimate of drug-likeness (QED) is 0.582. The molecule has 66 valence electrons. The molecular formula is C8H11IN2O. The molecule has 0 amide bonds. The van der Waals surface area contributed by atoms with Crippen molar-refractivity contribution in [2.45, 2.75) is 26.3 Å². The lowest BCUT2D eigenvalue weighted by Gasteiger charge is -2.20. The van der Waals surface area contributed by atoms with Crippen LogP contribution in [0.1, 0.15) is 31.1 Å². The molecule has 0 saturated heterocycles. The van der Waals surface area contributed by atoms with Crippen LogP contribution in [0.4, 0.5) is 0 Å². The van der Waals surface area contributed by atoms with Gasteiger partial charge in [0, 0.05) is 0 Å². The van der Waals surface area contributed by atoms with Gasteiger partial charge in [0.15, 0.2) is 6.29 Å². The second-order valence-corrected chi connectivity index (χ2v) is 4.61. The minimum absolute atomic E-state index is 0.0578. The second-order valence-electron chi connectivity index (χ2n) is 3.59. The van der Waals surface area contributed by atoms with Crippen LogP contribution in [-0.2, 0) is 5.54 Å². The molecule has 3 nitrogen and oxygen atoms in total. The molecule has 0 aliphatic carbocycles. The number of carbonyl (C=O) groups is 1. The van der Waals surface area contributed by atoms with Crippen molar-refractivity contribution in [2.75, 3.05) is 0 Å². The Morgan fingerprint density at radius 1 is 1.58 bits per heavy atom. The Balaban J connectivity index is 3.19. The summed E-state index contributed by atoms with van der Waals surface area (Å²) < 4.78 is 2.74. The van der Waals surface area contributed by atoms with Crippen LogP contribution < -0.4 is 0 Å². The van der Waals surface area contributed by atoms with Crippen molar-refractivity contribution in [3.8, 4) is 0 Å². The van der Waals surface area contributed by atoms with Gasteiger partial charge in [-0.1, -0.05) is 0 Å². The van der Waals surface area contributed by atoms with Gasteiger partial charge in [-0.15, -0.1) is 0 Å². The average Bonchev–Trinajstić information content (AvgIpc) is 2.29. The van der Waals surface area contributed by atoms with Gasteiger partial charge in [0.2, 0.25) is 0 Å². The number of nitrogens with zero attached hydrogens (tertiary/aromatic N) is 2. The van der Waals surface area contributed by atoms with Crippen LogP contribution >= 0.6 is 22.6 Å². The average molecular weight is 278 g/mol. The predicted octanol–water partition coefficient (Wildman–Crippen LogP) is 2.06. The van der Waals surface area contributed by atoms with Crippen LogP contribution in [0.2, 0.25) is 0 Å². The van der Waals surface area contributed by atoms with E-state index in [0.717, 1.165) is 9.99 Å². The van der Waals surface area contributed by atoms with Crippen LogP contribution in [0, 0.1) is 3.70 Å². The molecule has 1 aromatic rings. The summed E-state index contributed by atoms with van der Waals surface area (Å²) in [4.78, 5) is 10.5. The number of aromatic nitrogens is 2. The second kappa shape index (κ2) is 3.16. The summed E-state index contributed by atoms with van der Waals surface area (Å²) in [5.74, 6) is 0. The molecule has 12 heavy (non-hydrogen) atoms. The van der Waals surface area contributed by atoms with Crippen molar-refractivity contribution >= 4 is 28.9 Å². The van der Waals surface area contributed by atoms with E-state index in [4.69, 9.17) is 0 Å². The van der Waals surface area contributed by atoms with Crippen LogP contribution in [0.3, 0.4) is 0 Å². The van der Waals surface area contributed by atoms with Gasteiger partial charge >= 0.3 is 0 Å². The first-order valence-corrected chi connectivity index (χ1v) is 4.74. The molecule has 0 bridgehead atoms. The van der Waals surface area contributed by atoms with Crippen LogP contribution in [-0.4, -0.2) is 16.1 Å². The van der Waals surface area contributed by atoms with Gasteiger partial charge in [-0.3, -0.25) is 9.48 Å². The maximum absolute atomic E-state index is 10.5. The summed E-state index contributed by atoms with van der Waals surface area (Å²) >= 11 is 2.13. The smallest absolute Gasteiger partial charge is 0.154 e. The summed E-state index contributed by atoms with van der Waals surface area (Å²) in [6.45, 7) is 6.16. The molecule has 1 heterocycles. The predicted molar refractivity (Wildman–Crippen MR) is 55.3 cm³/mol.